The molecule has 5 rings (SSSR count). The molecule has 1 amide bonds. The lowest BCUT2D eigenvalue weighted by molar-refractivity contribution is 0.0628. The van der Waals surface area contributed by atoms with Crippen LogP contribution in [0.15, 0.2) is 42.5 Å². The van der Waals surface area contributed by atoms with Crippen LogP contribution in [-0.4, -0.2) is 68.9 Å². The number of carbonyl (C=O) groups excluding carboxylic acids is 1. The molecule has 10 nitrogen and oxygen atoms in total. The van der Waals surface area contributed by atoms with E-state index in [0.717, 1.165) is 31.1 Å². The van der Waals surface area contributed by atoms with Crippen molar-refractivity contribution >= 4 is 5.91 Å². The van der Waals surface area contributed by atoms with Crippen molar-refractivity contribution in [2.24, 2.45) is 0 Å². The maximum atomic E-state index is 12.9. The van der Waals surface area contributed by atoms with Crippen molar-refractivity contribution in [2.45, 2.75) is 26.6 Å². The first-order chi connectivity index (χ1) is 16.2. The summed E-state index contributed by atoms with van der Waals surface area (Å²) >= 11 is 0. The number of aryl methyl sites for hydroxylation is 1. The van der Waals surface area contributed by atoms with Gasteiger partial charge in [0.1, 0.15) is 12.4 Å². The number of tetrazole rings is 1. The van der Waals surface area contributed by atoms with E-state index in [9.17, 15) is 4.79 Å². The number of ether oxygens (including phenoxy) is 3. The summed E-state index contributed by atoms with van der Waals surface area (Å²) in [4.78, 5) is 17.2. The van der Waals surface area contributed by atoms with Gasteiger partial charge in [-0.3, -0.25) is 9.69 Å². The summed E-state index contributed by atoms with van der Waals surface area (Å²) < 4.78 is 18.3. The third kappa shape index (κ3) is 4.75. The largest absolute Gasteiger partial charge is 0.486 e. The Kier molecular flexibility index (Phi) is 6.07. The summed E-state index contributed by atoms with van der Waals surface area (Å²) in [6.07, 6.45) is 0. The predicted molar refractivity (Wildman–Crippen MR) is 118 cm³/mol. The van der Waals surface area contributed by atoms with Crippen molar-refractivity contribution in [1.29, 1.82) is 0 Å². The van der Waals surface area contributed by atoms with Crippen LogP contribution >= 0.6 is 0 Å². The number of rotatable bonds is 7. The highest BCUT2D eigenvalue weighted by Crippen LogP contribution is 2.32. The Bertz CT molecular complexity index is 1110. The van der Waals surface area contributed by atoms with Crippen molar-refractivity contribution in [2.75, 3.05) is 33.0 Å². The molecule has 0 unspecified atom stereocenters. The minimum absolute atomic E-state index is 0.0409. The molecule has 0 bridgehead atoms. The van der Waals surface area contributed by atoms with Crippen molar-refractivity contribution in [1.82, 2.24) is 30.0 Å². The minimum Gasteiger partial charge on any atom is -0.486 e. The molecule has 2 aromatic carbocycles. The molecule has 172 valence electrons. The van der Waals surface area contributed by atoms with Crippen LogP contribution in [0.25, 0.3) is 0 Å². The number of fused-ring (bicyclic) bond motifs is 1. The van der Waals surface area contributed by atoms with Gasteiger partial charge in [0, 0.05) is 44.8 Å². The van der Waals surface area contributed by atoms with Crippen LogP contribution in [0.5, 0.6) is 17.2 Å². The normalized spacial score (nSPS) is 15.6. The average Bonchev–Trinajstić information content (AvgIpc) is 3.52. The lowest BCUT2D eigenvalue weighted by Gasteiger charge is -2.34. The van der Waals surface area contributed by atoms with E-state index in [0.29, 0.717) is 36.8 Å². The van der Waals surface area contributed by atoms with Crippen LogP contribution < -0.4 is 14.2 Å². The molecule has 0 N–H and O–H groups in total. The first-order valence-electron chi connectivity index (χ1n) is 11.1. The third-order valence-corrected chi connectivity index (χ3v) is 5.88. The molecule has 1 saturated heterocycles. The van der Waals surface area contributed by atoms with Crippen LogP contribution in [-0.2, 0) is 19.7 Å². The standard InChI is InChI=1S/C23H26N6O4/c1-2-29-22(24-25-26-29)15-31-19-6-4-18(5-7-19)23(30)28-11-9-27(10-12-28)14-17-3-8-20-21(13-17)33-16-32-20/h3-8,13H,2,9-12,14-16H2,1H3. The molecule has 3 heterocycles. The summed E-state index contributed by atoms with van der Waals surface area (Å²) in [5.74, 6) is 2.98. The Morgan fingerprint density at radius 3 is 2.61 bits per heavy atom. The van der Waals surface area contributed by atoms with E-state index in [1.165, 1.54) is 5.56 Å². The van der Waals surface area contributed by atoms with Crippen molar-refractivity contribution in [3.8, 4) is 17.2 Å². The second-order valence-electron chi connectivity index (χ2n) is 7.98. The van der Waals surface area contributed by atoms with Gasteiger partial charge in [0.15, 0.2) is 17.3 Å². The number of amides is 1. The van der Waals surface area contributed by atoms with Crippen molar-refractivity contribution in [3.63, 3.8) is 0 Å². The van der Waals surface area contributed by atoms with E-state index < -0.39 is 0 Å². The first-order valence-corrected chi connectivity index (χ1v) is 11.1. The highest BCUT2D eigenvalue weighted by Gasteiger charge is 2.23. The highest BCUT2D eigenvalue weighted by atomic mass is 16.7. The van der Waals surface area contributed by atoms with Crippen LogP contribution in [0, 0.1) is 0 Å². The van der Waals surface area contributed by atoms with E-state index in [-0.39, 0.29) is 19.3 Å². The van der Waals surface area contributed by atoms with Gasteiger partial charge in [0.25, 0.3) is 5.91 Å². The number of nitrogens with zero attached hydrogens (tertiary/aromatic N) is 6. The van der Waals surface area contributed by atoms with E-state index in [1.54, 1.807) is 16.8 Å². The van der Waals surface area contributed by atoms with Gasteiger partial charge in [-0.1, -0.05) is 6.07 Å². The number of hydrogen-bond donors (Lipinski definition) is 0. The van der Waals surface area contributed by atoms with Gasteiger partial charge in [0.2, 0.25) is 6.79 Å². The zero-order chi connectivity index (χ0) is 22.6. The maximum absolute atomic E-state index is 12.9. The van der Waals surface area contributed by atoms with Gasteiger partial charge in [0.05, 0.1) is 0 Å². The van der Waals surface area contributed by atoms with E-state index in [1.807, 2.05) is 36.1 Å². The molecule has 1 aromatic heterocycles. The summed E-state index contributed by atoms with van der Waals surface area (Å²) in [6.45, 7) is 7.08. The first kappa shape index (κ1) is 21.2. The molecular formula is C23H26N6O4. The molecule has 2 aliphatic rings. The Morgan fingerprint density at radius 2 is 1.82 bits per heavy atom. The molecule has 10 heteroatoms. The second-order valence-corrected chi connectivity index (χ2v) is 7.98. The average molecular weight is 450 g/mol. The van der Waals surface area contributed by atoms with E-state index >= 15 is 0 Å². The monoisotopic (exact) mass is 450 g/mol. The van der Waals surface area contributed by atoms with Gasteiger partial charge in [-0.25, -0.2) is 4.68 Å². The summed E-state index contributed by atoms with van der Waals surface area (Å²) in [5.41, 5.74) is 1.84. The molecule has 0 saturated carbocycles. The van der Waals surface area contributed by atoms with Crippen LogP contribution in [0.1, 0.15) is 28.7 Å². The van der Waals surface area contributed by atoms with Gasteiger partial charge in [-0.2, -0.15) is 0 Å². The Morgan fingerprint density at radius 1 is 1.03 bits per heavy atom. The molecule has 33 heavy (non-hydrogen) atoms. The van der Waals surface area contributed by atoms with E-state index in [2.05, 4.69) is 26.5 Å². The zero-order valence-corrected chi connectivity index (χ0v) is 18.5. The fourth-order valence-electron chi connectivity index (χ4n) is 4.00. The number of benzene rings is 2. The molecule has 0 spiro atoms. The minimum atomic E-state index is 0.0409. The highest BCUT2D eigenvalue weighted by molar-refractivity contribution is 5.94. The Hall–Kier alpha value is -3.66. The number of carbonyl (C=O) groups is 1. The van der Waals surface area contributed by atoms with Gasteiger partial charge < -0.3 is 19.1 Å². The molecule has 0 atom stereocenters. The van der Waals surface area contributed by atoms with Crippen LogP contribution in [0.3, 0.4) is 0 Å². The van der Waals surface area contributed by atoms with Gasteiger partial charge >= 0.3 is 0 Å². The van der Waals surface area contributed by atoms with E-state index in [4.69, 9.17) is 14.2 Å². The summed E-state index contributed by atoms with van der Waals surface area (Å²) in [7, 11) is 0. The van der Waals surface area contributed by atoms with Crippen molar-refractivity contribution < 1.29 is 19.0 Å². The second kappa shape index (κ2) is 9.45. The number of aromatic nitrogens is 4. The SMILES string of the molecule is CCn1nnnc1COc1ccc(C(=O)N2CCN(Cc3ccc4c(c3)OCO4)CC2)cc1. The summed E-state index contributed by atoms with van der Waals surface area (Å²) in [6, 6.07) is 13.3. The predicted octanol–water partition coefficient (Wildman–Crippen LogP) is 1.96. The van der Waals surface area contributed by atoms with Gasteiger partial charge in [-0.15, -0.1) is 5.10 Å². The molecule has 0 radical (unpaired) electrons. The zero-order valence-electron chi connectivity index (χ0n) is 18.5. The van der Waals surface area contributed by atoms with Crippen molar-refractivity contribution in [3.05, 3.63) is 59.4 Å². The quantitative estimate of drug-likeness (QED) is 0.539. The number of hydrogen-bond acceptors (Lipinski definition) is 8. The molecule has 0 aliphatic carbocycles. The van der Waals surface area contributed by atoms with Crippen LogP contribution in [0.4, 0.5) is 0 Å². The fraction of sp³-hybridized carbons (Fsp3) is 0.391. The molecule has 2 aliphatic heterocycles. The topological polar surface area (TPSA) is 94.8 Å². The van der Waals surface area contributed by atoms with Crippen LogP contribution in [0.2, 0.25) is 0 Å². The fourth-order valence-corrected chi connectivity index (χ4v) is 4.00. The summed E-state index contributed by atoms with van der Waals surface area (Å²) in [5, 5.41) is 11.5. The Balaban J connectivity index is 1.11. The lowest BCUT2D eigenvalue weighted by atomic mass is 10.1. The molecule has 3 aromatic rings. The molecule has 1 fully saturated rings. The maximum Gasteiger partial charge on any atom is 0.253 e. The molecular weight excluding hydrogens is 424 g/mol. The third-order valence-electron chi connectivity index (χ3n) is 5.88. The number of piperazine rings is 1. The van der Waals surface area contributed by atoms with Gasteiger partial charge in [-0.05, 0) is 59.3 Å². The smallest absolute Gasteiger partial charge is 0.253 e. The Labute approximate surface area is 191 Å². The lowest BCUT2D eigenvalue weighted by Crippen LogP contribution is -2.48.